The molecule has 0 unspecified atom stereocenters. The second kappa shape index (κ2) is 8.19. The highest BCUT2D eigenvalue weighted by molar-refractivity contribution is 5.45. The van der Waals surface area contributed by atoms with Gasteiger partial charge in [-0.15, -0.1) is 0 Å². The van der Waals surface area contributed by atoms with Crippen molar-refractivity contribution in [3.05, 3.63) is 108 Å². The topological polar surface area (TPSA) is 0 Å². The van der Waals surface area contributed by atoms with Crippen molar-refractivity contribution in [3.8, 4) is 0 Å². The van der Waals surface area contributed by atoms with Crippen molar-refractivity contribution in [2.24, 2.45) is 5.41 Å². The highest BCUT2D eigenvalue weighted by atomic mass is 19.3. The first-order valence-corrected chi connectivity index (χ1v) is 13.0. The van der Waals surface area contributed by atoms with Crippen molar-refractivity contribution in [3.63, 3.8) is 0 Å². The molecule has 4 bridgehead atoms. The van der Waals surface area contributed by atoms with Gasteiger partial charge < -0.3 is 0 Å². The van der Waals surface area contributed by atoms with Crippen LogP contribution in [0.2, 0.25) is 0 Å². The number of halogens is 4. The van der Waals surface area contributed by atoms with Crippen LogP contribution >= 0.6 is 0 Å². The minimum atomic E-state index is -3.40. The van der Waals surface area contributed by atoms with E-state index in [0.717, 1.165) is 19.3 Å². The average molecular weight is 493 g/mol. The quantitative estimate of drug-likeness (QED) is 0.289. The zero-order chi connectivity index (χ0) is 25.1. The van der Waals surface area contributed by atoms with E-state index in [0.29, 0.717) is 19.3 Å². The highest BCUT2D eigenvalue weighted by Gasteiger charge is 2.70. The first-order chi connectivity index (χ1) is 17.2. The number of hydrogen-bond donors (Lipinski definition) is 0. The molecule has 4 fully saturated rings. The van der Waals surface area contributed by atoms with Crippen molar-refractivity contribution < 1.29 is 17.6 Å². The van der Waals surface area contributed by atoms with Gasteiger partial charge in [-0.25, -0.2) is 17.6 Å². The smallest absolute Gasteiger partial charge is 0.210 e. The number of benzene rings is 3. The molecule has 4 saturated carbocycles. The maximum Gasteiger partial charge on any atom is 0.254 e. The Kier molecular flexibility index (Phi) is 5.41. The van der Waals surface area contributed by atoms with Crippen molar-refractivity contribution in [2.45, 2.75) is 80.0 Å². The molecular formula is C32H32F4. The van der Waals surface area contributed by atoms with Crippen molar-refractivity contribution in [2.75, 3.05) is 0 Å². The molecule has 3 aromatic carbocycles. The molecule has 0 spiro atoms. The Bertz CT molecular complexity index is 1060. The van der Waals surface area contributed by atoms with Gasteiger partial charge in [-0.1, -0.05) is 91.0 Å². The van der Waals surface area contributed by atoms with Gasteiger partial charge in [0.05, 0.1) is 6.42 Å². The monoisotopic (exact) mass is 492 g/mol. The van der Waals surface area contributed by atoms with Crippen LogP contribution in [0.1, 0.15) is 68.1 Å². The fourth-order valence-electron chi connectivity index (χ4n) is 9.17. The fraction of sp³-hybridized carbons (Fsp3) is 0.438. The van der Waals surface area contributed by atoms with E-state index in [2.05, 4.69) is 36.4 Å². The maximum atomic E-state index is 15.3. The normalized spacial score (nSPS) is 33.2. The summed E-state index contributed by atoms with van der Waals surface area (Å²) in [6.07, 6.45) is -0.223. The Morgan fingerprint density at radius 1 is 0.556 bits per heavy atom. The third kappa shape index (κ3) is 3.88. The maximum absolute atomic E-state index is 15.3. The summed E-state index contributed by atoms with van der Waals surface area (Å²) in [5.74, 6) is -3.40. The summed E-state index contributed by atoms with van der Waals surface area (Å²) in [6, 6.07) is 31.1. The van der Waals surface area contributed by atoms with Crippen LogP contribution in [0, 0.1) is 5.41 Å². The third-order valence-electron chi connectivity index (χ3n) is 9.42. The molecule has 0 aromatic heterocycles. The zero-order valence-electron chi connectivity index (χ0n) is 20.4. The summed E-state index contributed by atoms with van der Waals surface area (Å²) in [5, 5.41) is 0. The zero-order valence-corrected chi connectivity index (χ0v) is 20.4. The van der Waals surface area contributed by atoms with E-state index in [-0.39, 0.29) is 16.2 Å². The molecule has 0 amide bonds. The summed E-state index contributed by atoms with van der Waals surface area (Å²) in [4.78, 5) is 0. The van der Waals surface area contributed by atoms with Gasteiger partial charge in [0.2, 0.25) is 6.43 Å². The molecule has 0 N–H and O–H groups in total. The number of alkyl halides is 4. The number of rotatable bonds is 7. The van der Waals surface area contributed by atoms with Crippen molar-refractivity contribution in [1.29, 1.82) is 0 Å². The summed E-state index contributed by atoms with van der Waals surface area (Å²) >= 11 is 0. The summed E-state index contributed by atoms with van der Waals surface area (Å²) in [5.41, 5.74) is 2.06. The highest BCUT2D eigenvalue weighted by Crippen LogP contribution is 2.76. The second-order valence-electron chi connectivity index (χ2n) is 12.1. The van der Waals surface area contributed by atoms with Gasteiger partial charge in [0.1, 0.15) is 0 Å². The summed E-state index contributed by atoms with van der Waals surface area (Å²) < 4.78 is 57.0. The largest absolute Gasteiger partial charge is 0.254 e. The minimum absolute atomic E-state index is 0.275. The Morgan fingerprint density at radius 3 is 1.19 bits per heavy atom. The van der Waals surface area contributed by atoms with Gasteiger partial charge in [0.25, 0.3) is 5.92 Å². The van der Waals surface area contributed by atoms with Gasteiger partial charge >= 0.3 is 0 Å². The molecule has 0 atom stereocenters. The van der Waals surface area contributed by atoms with Crippen molar-refractivity contribution >= 4 is 0 Å². The van der Waals surface area contributed by atoms with E-state index >= 15 is 8.78 Å². The molecule has 0 saturated heterocycles. The van der Waals surface area contributed by atoms with E-state index in [9.17, 15) is 8.78 Å². The molecule has 0 nitrogen and oxygen atoms in total. The minimum Gasteiger partial charge on any atom is -0.210 e. The molecule has 3 aromatic rings. The molecule has 188 valence electrons. The lowest BCUT2D eigenvalue weighted by molar-refractivity contribution is -0.160. The van der Waals surface area contributed by atoms with Crippen LogP contribution in [0.4, 0.5) is 17.6 Å². The molecular weight excluding hydrogens is 460 g/mol. The van der Waals surface area contributed by atoms with E-state index in [1.54, 1.807) is 0 Å². The van der Waals surface area contributed by atoms with E-state index in [4.69, 9.17) is 0 Å². The summed E-state index contributed by atoms with van der Waals surface area (Å²) in [7, 11) is 0. The van der Waals surface area contributed by atoms with Crippen LogP contribution in [0.3, 0.4) is 0 Å². The van der Waals surface area contributed by atoms with Gasteiger partial charge in [0.15, 0.2) is 0 Å². The van der Waals surface area contributed by atoms with Gasteiger partial charge in [0, 0.05) is 6.42 Å². The summed E-state index contributed by atoms with van der Waals surface area (Å²) in [6.45, 7) is 0. The average Bonchev–Trinajstić information content (AvgIpc) is 2.83. The standard InChI is InChI=1S/C32H32F4/c33-27(34)16-32(35,36)20-28-17-29(24-10-4-1-5-11-24)21-30(18-28,25-12-6-2-7-13-25)23-31(19-28,22-29)26-14-8-3-9-15-26/h1-15,27H,16-23H2. The molecule has 0 heterocycles. The lowest BCUT2D eigenvalue weighted by atomic mass is 9.32. The predicted octanol–water partition coefficient (Wildman–Crippen LogP) is 8.85. The molecule has 4 aliphatic rings. The molecule has 0 radical (unpaired) electrons. The van der Waals surface area contributed by atoms with Crippen LogP contribution < -0.4 is 0 Å². The van der Waals surface area contributed by atoms with Gasteiger partial charge in [-0.3, -0.25) is 0 Å². The molecule has 7 rings (SSSR count). The first kappa shape index (κ1) is 23.8. The molecule has 4 aliphatic carbocycles. The lowest BCUT2D eigenvalue weighted by Gasteiger charge is -2.71. The van der Waals surface area contributed by atoms with Crippen molar-refractivity contribution in [1.82, 2.24) is 0 Å². The SMILES string of the molecule is FC(F)CC(F)(F)CC12CC3(c4ccccc4)CC(c4ccccc4)(C1)CC(c1ccccc1)(C2)C3. The Morgan fingerprint density at radius 2 is 0.889 bits per heavy atom. The third-order valence-corrected chi connectivity index (χ3v) is 9.42. The van der Waals surface area contributed by atoms with E-state index in [1.165, 1.54) is 16.7 Å². The Labute approximate surface area is 210 Å². The predicted molar refractivity (Wildman–Crippen MR) is 135 cm³/mol. The van der Waals surface area contributed by atoms with Crippen LogP contribution in [-0.4, -0.2) is 12.3 Å². The van der Waals surface area contributed by atoms with E-state index < -0.39 is 30.6 Å². The van der Waals surface area contributed by atoms with Crippen LogP contribution in [0.25, 0.3) is 0 Å². The number of hydrogen-bond acceptors (Lipinski definition) is 0. The first-order valence-electron chi connectivity index (χ1n) is 13.0. The Hall–Kier alpha value is -2.62. The van der Waals surface area contributed by atoms with Crippen LogP contribution in [0.15, 0.2) is 91.0 Å². The molecule has 4 heteroatoms. The van der Waals surface area contributed by atoms with Gasteiger partial charge in [-0.05, 0) is 76.9 Å². The molecule has 0 aliphatic heterocycles. The van der Waals surface area contributed by atoms with Gasteiger partial charge in [-0.2, -0.15) is 0 Å². The van der Waals surface area contributed by atoms with Crippen LogP contribution in [-0.2, 0) is 16.2 Å². The lowest BCUT2D eigenvalue weighted by Crippen LogP contribution is -2.66. The van der Waals surface area contributed by atoms with E-state index in [1.807, 2.05) is 54.6 Å². The van der Waals surface area contributed by atoms with Crippen LogP contribution in [0.5, 0.6) is 0 Å². The molecule has 36 heavy (non-hydrogen) atoms. The second-order valence-corrected chi connectivity index (χ2v) is 12.1. The fourth-order valence-corrected chi connectivity index (χ4v) is 9.17. The Balaban J connectivity index is 1.57.